The molecule has 0 aromatic rings. The summed E-state index contributed by atoms with van der Waals surface area (Å²) in [4.78, 5) is 17.6. The molecule has 0 saturated carbocycles. The molecule has 0 aliphatic heterocycles. The van der Waals surface area contributed by atoms with Gasteiger partial charge in [0.05, 0.1) is 12.7 Å². The van der Waals surface area contributed by atoms with Gasteiger partial charge in [-0.3, -0.25) is 4.52 Å². The van der Waals surface area contributed by atoms with Crippen molar-refractivity contribution in [3.8, 4) is 0 Å². The maximum atomic E-state index is 10.8. The second-order valence-corrected chi connectivity index (χ2v) is 11.8. The van der Waals surface area contributed by atoms with Crippen molar-refractivity contribution in [2.45, 2.75) is 141 Å². The molecular weight excluding hydrogens is 443 g/mol. The number of phosphoric acid groups is 1. The van der Waals surface area contributed by atoms with E-state index in [-0.39, 0.29) is 12.7 Å². The van der Waals surface area contributed by atoms with Crippen LogP contribution >= 0.6 is 19.6 Å². The van der Waals surface area contributed by atoms with Crippen LogP contribution in [0.5, 0.6) is 0 Å². The van der Waals surface area contributed by atoms with E-state index in [4.69, 9.17) is 14.5 Å². The highest BCUT2D eigenvalue weighted by Crippen LogP contribution is 2.35. The van der Waals surface area contributed by atoms with E-state index < -0.39 is 7.82 Å². The lowest BCUT2D eigenvalue weighted by Crippen LogP contribution is -2.18. The summed E-state index contributed by atoms with van der Waals surface area (Å²) in [7, 11) is -4.41. The van der Waals surface area contributed by atoms with Crippen molar-refractivity contribution in [3.63, 3.8) is 0 Å². The van der Waals surface area contributed by atoms with Gasteiger partial charge in [-0.1, -0.05) is 104 Å². The van der Waals surface area contributed by atoms with Crippen LogP contribution in [0.4, 0.5) is 0 Å². The van der Waals surface area contributed by atoms with Crippen LogP contribution in [0.3, 0.4) is 0 Å². The summed E-state index contributed by atoms with van der Waals surface area (Å²) < 4.78 is 21.1. The Hall–Kier alpha value is 0.420. The van der Waals surface area contributed by atoms with Crippen LogP contribution in [0.2, 0.25) is 0 Å². The monoisotopic (exact) mass is 496 g/mol. The predicted molar refractivity (Wildman–Crippen MR) is 139 cm³/mol. The average molecular weight is 497 g/mol. The number of hydrogen-bond donors (Lipinski definition) is 2. The highest BCUT2D eigenvalue weighted by Gasteiger charge is 2.16. The molecule has 0 unspecified atom stereocenters. The Kier molecular flexibility index (Phi) is 23.5. The van der Waals surface area contributed by atoms with Crippen molar-refractivity contribution in [1.82, 2.24) is 0 Å². The maximum absolute atomic E-state index is 10.8. The molecule has 0 aliphatic rings. The zero-order valence-corrected chi connectivity index (χ0v) is 23.0. The van der Waals surface area contributed by atoms with Crippen molar-refractivity contribution >= 4 is 19.6 Å². The van der Waals surface area contributed by atoms with Crippen molar-refractivity contribution in [2.75, 3.05) is 19.0 Å². The van der Waals surface area contributed by atoms with E-state index in [1.807, 2.05) is 0 Å². The third-order valence-electron chi connectivity index (χ3n) is 5.80. The van der Waals surface area contributed by atoms with E-state index >= 15 is 0 Å². The van der Waals surface area contributed by atoms with Crippen LogP contribution in [0.1, 0.15) is 130 Å². The Labute approximate surface area is 203 Å². The van der Waals surface area contributed by atoms with Gasteiger partial charge < -0.3 is 14.5 Å². The molecule has 0 rings (SSSR count). The van der Waals surface area contributed by atoms with Crippen LogP contribution in [0, 0.1) is 0 Å². The molecule has 0 heterocycles. The second-order valence-electron chi connectivity index (χ2n) is 9.13. The summed E-state index contributed by atoms with van der Waals surface area (Å²) in [5.41, 5.74) is 0. The lowest BCUT2D eigenvalue weighted by molar-refractivity contribution is 0.0220. The van der Waals surface area contributed by atoms with Crippen LogP contribution in [0.25, 0.3) is 0 Å². The van der Waals surface area contributed by atoms with Gasteiger partial charge in [0.1, 0.15) is 0 Å². The third kappa shape index (κ3) is 25.1. The van der Waals surface area contributed by atoms with Gasteiger partial charge in [-0.05, 0) is 31.9 Å². The molecule has 0 aromatic carbocycles. The largest absolute Gasteiger partial charge is 0.469 e. The van der Waals surface area contributed by atoms with Crippen molar-refractivity contribution in [3.05, 3.63) is 0 Å². The van der Waals surface area contributed by atoms with E-state index in [0.717, 1.165) is 6.42 Å². The Bertz CT molecular complexity index is 433. The molecule has 0 saturated heterocycles. The summed E-state index contributed by atoms with van der Waals surface area (Å²) in [6, 6.07) is 0. The predicted octanol–water partition coefficient (Wildman–Crippen LogP) is 8.27. The minimum absolute atomic E-state index is 0.0717. The number of hydrogen-bond acceptors (Lipinski definition) is 4. The van der Waals surface area contributed by atoms with Gasteiger partial charge in [0, 0.05) is 11.9 Å². The van der Waals surface area contributed by atoms with Gasteiger partial charge in [-0.15, -0.1) is 0 Å². The highest BCUT2D eigenvalue weighted by molar-refractivity contribution is 7.99. The smallest absolute Gasteiger partial charge is 0.376 e. The van der Waals surface area contributed by atoms with E-state index in [9.17, 15) is 4.57 Å². The molecule has 0 radical (unpaired) electrons. The van der Waals surface area contributed by atoms with E-state index in [0.29, 0.717) is 11.9 Å². The lowest BCUT2D eigenvalue weighted by Gasteiger charge is -2.19. The fourth-order valence-corrected chi connectivity index (χ4v) is 5.48. The van der Waals surface area contributed by atoms with Crippen molar-refractivity contribution < 1.29 is 23.6 Å². The maximum Gasteiger partial charge on any atom is 0.469 e. The topological polar surface area (TPSA) is 76.0 Å². The Balaban J connectivity index is 3.94. The number of phosphoric ester groups is 1. The molecule has 0 amide bonds. The Morgan fingerprint density at radius 1 is 0.750 bits per heavy atom. The molecule has 2 atom stereocenters. The Morgan fingerprint density at radius 2 is 1.25 bits per heavy atom. The molecule has 0 bridgehead atoms. The van der Waals surface area contributed by atoms with E-state index in [1.54, 1.807) is 6.92 Å². The summed E-state index contributed by atoms with van der Waals surface area (Å²) in [6.07, 6.45) is 22.2. The first-order chi connectivity index (χ1) is 15.4. The minimum Gasteiger partial charge on any atom is -0.376 e. The normalized spacial score (nSPS) is 14.0. The summed E-state index contributed by atoms with van der Waals surface area (Å²) >= 11 is 2.10. The van der Waals surface area contributed by atoms with Gasteiger partial charge in [0.2, 0.25) is 0 Å². The number of ether oxygens (including phenoxy) is 1. The van der Waals surface area contributed by atoms with Crippen molar-refractivity contribution in [2.24, 2.45) is 0 Å². The van der Waals surface area contributed by atoms with Gasteiger partial charge in [0.25, 0.3) is 0 Å². The molecule has 0 aliphatic carbocycles. The van der Waals surface area contributed by atoms with Gasteiger partial charge >= 0.3 is 7.82 Å². The molecule has 2 N–H and O–H groups in total. The highest BCUT2D eigenvalue weighted by atomic mass is 32.2. The fraction of sp³-hybridized carbons (Fsp3) is 1.00. The zero-order valence-electron chi connectivity index (χ0n) is 21.3. The van der Waals surface area contributed by atoms with E-state index in [1.165, 1.54) is 108 Å². The molecule has 194 valence electrons. The number of thioether (sulfide) groups is 1. The SMILES string of the molecule is CCCCCCCCCCCCS[C@H](CCCCCCC)CCO[C@H](C)COP(=O)(O)O. The van der Waals surface area contributed by atoms with Crippen LogP contribution in [-0.4, -0.2) is 40.1 Å². The van der Waals surface area contributed by atoms with Crippen LogP contribution < -0.4 is 0 Å². The molecule has 0 spiro atoms. The lowest BCUT2D eigenvalue weighted by atomic mass is 10.1. The minimum atomic E-state index is -4.41. The average Bonchev–Trinajstić information content (AvgIpc) is 2.75. The zero-order chi connectivity index (χ0) is 23.9. The molecule has 0 aromatic heterocycles. The van der Waals surface area contributed by atoms with Crippen molar-refractivity contribution in [1.29, 1.82) is 0 Å². The summed E-state index contributed by atoms with van der Waals surface area (Å²) in [5, 5.41) is 0.616. The molecule has 32 heavy (non-hydrogen) atoms. The van der Waals surface area contributed by atoms with Crippen LogP contribution in [0.15, 0.2) is 0 Å². The number of unbranched alkanes of at least 4 members (excludes halogenated alkanes) is 13. The fourth-order valence-electron chi connectivity index (χ4n) is 3.78. The molecule has 0 fully saturated rings. The van der Waals surface area contributed by atoms with Gasteiger partial charge in [0.15, 0.2) is 0 Å². The second kappa shape index (κ2) is 23.2. The molecule has 7 heteroatoms. The van der Waals surface area contributed by atoms with Gasteiger partial charge in [-0.25, -0.2) is 4.57 Å². The standard InChI is InChI=1S/C25H53O5PS/c1-4-6-8-10-11-12-13-14-16-18-22-32-25(19-17-15-9-7-5-2)20-21-29-24(3)23-30-31(26,27)28/h24-25H,4-23H2,1-3H3,(H2,26,27,28)/t24-,25-/m1/s1. The summed E-state index contributed by atoms with van der Waals surface area (Å²) in [5.74, 6) is 1.23. The Morgan fingerprint density at radius 3 is 1.78 bits per heavy atom. The summed E-state index contributed by atoms with van der Waals surface area (Å²) in [6.45, 7) is 6.87. The number of rotatable bonds is 25. The molecule has 5 nitrogen and oxygen atoms in total. The first-order valence-corrected chi connectivity index (χ1v) is 15.9. The van der Waals surface area contributed by atoms with Crippen LogP contribution in [-0.2, 0) is 13.8 Å². The first-order valence-electron chi connectivity index (χ1n) is 13.3. The quantitative estimate of drug-likeness (QED) is 0.0978. The first kappa shape index (κ1) is 32.4. The van der Waals surface area contributed by atoms with E-state index in [2.05, 4.69) is 30.1 Å². The van der Waals surface area contributed by atoms with Gasteiger partial charge in [-0.2, -0.15) is 11.8 Å². The molecular formula is C25H53O5PS. The third-order valence-corrected chi connectivity index (χ3v) is 7.75.